The minimum Gasteiger partial charge on any atom is -0.497 e. The van der Waals surface area contributed by atoms with Gasteiger partial charge in [-0.25, -0.2) is 0 Å². The Morgan fingerprint density at radius 3 is 2.32 bits per heavy atom. The number of alkyl halides is 3. The molecule has 0 bridgehead atoms. The number of aromatic nitrogens is 1. The van der Waals surface area contributed by atoms with Crippen molar-refractivity contribution < 1.29 is 22.6 Å². The van der Waals surface area contributed by atoms with Crippen molar-refractivity contribution in [2.45, 2.75) is 6.18 Å². The van der Waals surface area contributed by atoms with E-state index in [-0.39, 0.29) is 22.4 Å². The van der Waals surface area contributed by atoms with Gasteiger partial charge in [0.05, 0.1) is 25.3 Å². The Morgan fingerprint density at radius 1 is 1.11 bits per heavy atom. The molecule has 0 amide bonds. The van der Waals surface area contributed by atoms with Gasteiger partial charge in [-0.05, 0) is 6.07 Å². The third kappa shape index (κ3) is 2.35. The molecule has 0 aliphatic rings. The number of halogens is 3. The maximum absolute atomic E-state index is 12.9. The van der Waals surface area contributed by atoms with E-state index in [2.05, 4.69) is 4.98 Å². The Bertz CT molecular complexity index is 676. The van der Waals surface area contributed by atoms with Crippen LogP contribution in [0, 0.1) is 0 Å². The number of aromatic amines is 1. The molecule has 0 radical (unpaired) electrons. The summed E-state index contributed by atoms with van der Waals surface area (Å²) in [5.41, 5.74) is -1.88. The summed E-state index contributed by atoms with van der Waals surface area (Å²) in [7, 11) is 2.63. The van der Waals surface area contributed by atoms with E-state index in [0.29, 0.717) is 6.07 Å². The van der Waals surface area contributed by atoms with Gasteiger partial charge in [0.15, 0.2) is 0 Å². The smallest absolute Gasteiger partial charge is 0.417 e. The van der Waals surface area contributed by atoms with E-state index in [9.17, 15) is 18.0 Å². The van der Waals surface area contributed by atoms with Gasteiger partial charge in [0.2, 0.25) is 5.56 Å². The van der Waals surface area contributed by atoms with Gasteiger partial charge >= 0.3 is 6.18 Å². The van der Waals surface area contributed by atoms with Crippen molar-refractivity contribution in [2.75, 3.05) is 14.2 Å². The Morgan fingerprint density at radius 2 is 1.79 bits per heavy atom. The van der Waals surface area contributed by atoms with Gasteiger partial charge in [0.1, 0.15) is 11.5 Å². The number of rotatable bonds is 2. The van der Waals surface area contributed by atoms with Crippen LogP contribution in [0.2, 0.25) is 0 Å². The van der Waals surface area contributed by atoms with E-state index in [4.69, 9.17) is 9.47 Å². The van der Waals surface area contributed by atoms with E-state index < -0.39 is 17.3 Å². The summed E-state index contributed by atoms with van der Waals surface area (Å²) in [4.78, 5) is 13.7. The van der Waals surface area contributed by atoms with Gasteiger partial charge in [-0.2, -0.15) is 13.2 Å². The average Bonchev–Trinajstić information content (AvgIpc) is 2.35. The van der Waals surface area contributed by atoms with E-state index in [1.807, 2.05) is 0 Å². The summed E-state index contributed by atoms with van der Waals surface area (Å²) in [6.45, 7) is 0. The lowest BCUT2D eigenvalue weighted by atomic mass is 10.1. The average molecular weight is 273 g/mol. The fourth-order valence-electron chi connectivity index (χ4n) is 1.81. The monoisotopic (exact) mass is 273 g/mol. The molecule has 0 saturated heterocycles. The third-order valence-electron chi connectivity index (χ3n) is 2.65. The van der Waals surface area contributed by atoms with E-state index in [1.165, 1.54) is 26.4 Å². The summed E-state index contributed by atoms with van der Waals surface area (Å²) in [5.74, 6) is 0.319. The number of pyridine rings is 1. The highest BCUT2D eigenvalue weighted by Crippen LogP contribution is 2.37. The molecule has 0 fully saturated rings. The van der Waals surface area contributed by atoms with Crippen LogP contribution in [-0.4, -0.2) is 19.2 Å². The number of ether oxygens (including phenoxy) is 2. The second-order valence-electron chi connectivity index (χ2n) is 3.80. The second-order valence-corrected chi connectivity index (χ2v) is 3.80. The largest absolute Gasteiger partial charge is 0.497 e. The zero-order valence-electron chi connectivity index (χ0n) is 10.1. The Hall–Kier alpha value is -2.18. The van der Waals surface area contributed by atoms with Crippen molar-refractivity contribution in [2.24, 2.45) is 0 Å². The lowest BCUT2D eigenvalue weighted by molar-refractivity contribution is -0.136. The lowest BCUT2D eigenvalue weighted by Crippen LogP contribution is -2.14. The second kappa shape index (κ2) is 4.49. The minimum atomic E-state index is -4.64. The van der Waals surface area contributed by atoms with Crippen LogP contribution in [0.25, 0.3) is 10.9 Å². The first kappa shape index (κ1) is 13.3. The van der Waals surface area contributed by atoms with Crippen molar-refractivity contribution in [3.63, 3.8) is 0 Å². The molecule has 0 atom stereocenters. The van der Waals surface area contributed by atoms with Crippen LogP contribution in [0.5, 0.6) is 11.5 Å². The van der Waals surface area contributed by atoms with Crippen LogP contribution in [0.15, 0.2) is 23.0 Å². The van der Waals surface area contributed by atoms with Gasteiger partial charge in [-0.3, -0.25) is 4.79 Å². The number of methoxy groups -OCH3 is 2. The molecule has 4 nitrogen and oxygen atoms in total. The highest BCUT2D eigenvalue weighted by Gasteiger charge is 2.34. The van der Waals surface area contributed by atoms with E-state index in [0.717, 1.165) is 0 Å². The first-order valence-corrected chi connectivity index (χ1v) is 5.23. The van der Waals surface area contributed by atoms with Crippen LogP contribution in [0.3, 0.4) is 0 Å². The minimum absolute atomic E-state index is 0.0110. The predicted molar refractivity (Wildman–Crippen MR) is 62.7 cm³/mol. The highest BCUT2D eigenvalue weighted by molar-refractivity contribution is 5.89. The van der Waals surface area contributed by atoms with Gasteiger partial charge in [0, 0.05) is 17.5 Å². The molecule has 1 N–H and O–H groups in total. The maximum atomic E-state index is 12.9. The summed E-state index contributed by atoms with van der Waals surface area (Å²) >= 11 is 0. The summed E-state index contributed by atoms with van der Waals surface area (Å²) < 4.78 is 48.7. The van der Waals surface area contributed by atoms with Crippen LogP contribution < -0.4 is 15.0 Å². The topological polar surface area (TPSA) is 51.3 Å². The number of nitrogens with one attached hydrogen (secondary N) is 1. The molecule has 0 aliphatic heterocycles. The fraction of sp³-hybridized carbons (Fsp3) is 0.250. The standard InChI is InChI=1S/C12H10F3NO3/c1-18-6-3-7-8(12(13,14)15)5-10(17)16-11(7)9(4-6)19-2/h3-5H,1-2H3,(H,16,17). The number of H-pyrrole nitrogens is 1. The van der Waals surface area contributed by atoms with Crippen molar-refractivity contribution in [1.29, 1.82) is 0 Å². The first-order valence-electron chi connectivity index (χ1n) is 5.23. The summed E-state index contributed by atoms with van der Waals surface area (Å²) in [5, 5.41) is -0.177. The molecule has 102 valence electrons. The van der Waals surface area contributed by atoms with Crippen LogP contribution in [0.4, 0.5) is 13.2 Å². The van der Waals surface area contributed by atoms with Crippen molar-refractivity contribution in [1.82, 2.24) is 4.98 Å². The first-order chi connectivity index (χ1) is 8.86. The fourth-order valence-corrected chi connectivity index (χ4v) is 1.81. The molecule has 2 aromatic rings. The Balaban J connectivity index is 2.94. The molecular formula is C12H10F3NO3. The molecule has 19 heavy (non-hydrogen) atoms. The van der Waals surface area contributed by atoms with Gasteiger partial charge in [-0.1, -0.05) is 0 Å². The molecule has 1 aromatic heterocycles. The van der Waals surface area contributed by atoms with Gasteiger partial charge in [0.25, 0.3) is 0 Å². The molecule has 1 aromatic carbocycles. The number of benzene rings is 1. The quantitative estimate of drug-likeness (QED) is 0.914. The van der Waals surface area contributed by atoms with E-state index >= 15 is 0 Å². The van der Waals surface area contributed by atoms with Crippen molar-refractivity contribution >= 4 is 10.9 Å². The van der Waals surface area contributed by atoms with Crippen LogP contribution in [-0.2, 0) is 6.18 Å². The SMILES string of the molecule is COc1cc(OC)c2[nH]c(=O)cc(C(F)(F)F)c2c1. The Labute approximate surface area is 105 Å². The molecule has 7 heteroatoms. The number of hydrogen-bond acceptors (Lipinski definition) is 3. The normalized spacial score (nSPS) is 11.6. The van der Waals surface area contributed by atoms with Crippen molar-refractivity contribution in [3.05, 3.63) is 34.1 Å². The van der Waals surface area contributed by atoms with E-state index in [1.54, 1.807) is 0 Å². The zero-order chi connectivity index (χ0) is 14.2. The van der Waals surface area contributed by atoms with Crippen LogP contribution >= 0.6 is 0 Å². The molecule has 0 saturated carbocycles. The molecule has 0 aliphatic carbocycles. The van der Waals surface area contributed by atoms with Crippen molar-refractivity contribution in [3.8, 4) is 11.5 Å². The maximum Gasteiger partial charge on any atom is 0.417 e. The lowest BCUT2D eigenvalue weighted by Gasteiger charge is -2.13. The number of hydrogen-bond donors (Lipinski definition) is 1. The molecule has 2 rings (SSSR count). The molecule has 0 unspecified atom stereocenters. The van der Waals surface area contributed by atoms with Gasteiger partial charge < -0.3 is 14.5 Å². The predicted octanol–water partition coefficient (Wildman–Crippen LogP) is 2.56. The summed E-state index contributed by atoms with van der Waals surface area (Å²) in [6, 6.07) is 3.12. The zero-order valence-corrected chi connectivity index (χ0v) is 10.1. The molecule has 1 heterocycles. The number of fused-ring (bicyclic) bond motifs is 1. The molecular weight excluding hydrogens is 263 g/mol. The highest BCUT2D eigenvalue weighted by atomic mass is 19.4. The molecule has 0 spiro atoms. The van der Waals surface area contributed by atoms with Gasteiger partial charge in [-0.15, -0.1) is 0 Å². The Kier molecular flexibility index (Phi) is 3.13. The summed E-state index contributed by atoms with van der Waals surface area (Å²) in [6.07, 6.45) is -4.64. The third-order valence-corrected chi connectivity index (χ3v) is 2.65. The van der Waals surface area contributed by atoms with Crippen LogP contribution in [0.1, 0.15) is 5.56 Å².